The molecule has 0 fully saturated rings. The van der Waals surface area contributed by atoms with Crippen molar-refractivity contribution in [2.24, 2.45) is 0 Å². The van der Waals surface area contributed by atoms with Gasteiger partial charge in [0, 0.05) is 5.69 Å². The van der Waals surface area contributed by atoms with Gasteiger partial charge >= 0.3 is 0 Å². The number of nitrogens with zero attached hydrogens (tertiary/aromatic N) is 1. The van der Waals surface area contributed by atoms with E-state index in [-0.39, 0.29) is 0 Å². The van der Waals surface area contributed by atoms with Gasteiger partial charge in [0.25, 0.3) is 0 Å². The number of nitrogens with one attached hydrogen (secondary N) is 1. The number of benzene rings is 2. The lowest BCUT2D eigenvalue weighted by Gasteiger charge is -2.18. The molecule has 0 aliphatic heterocycles. The van der Waals surface area contributed by atoms with Crippen molar-refractivity contribution >= 4 is 11.3 Å². The van der Waals surface area contributed by atoms with Gasteiger partial charge in [-0.3, -0.25) is 0 Å². The van der Waals surface area contributed by atoms with Gasteiger partial charge in [-0.1, -0.05) is 36.4 Å². The molecule has 2 heteroatoms. The third kappa shape index (κ3) is 2.57. The number of hydrogen-bond acceptors (Lipinski definition) is 2. The molecule has 0 aromatic heterocycles. The van der Waals surface area contributed by atoms with Crippen LogP contribution in [-0.4, -0.2) is 6.04 Å². The number of nitriles is 1. The monoisotopic (exact) mass is 260 g/mol. The van der Waals surface area contributed by atoms with Crippen molar-refractivity contribution in [3.05, 3.63) is 71.8 Å². The first-order valence-electron chi connectivity index (χ1n) is 6.89. The summed E-state index contributed by atoms with van der Waals surface area (Å²) >= 11 is 0. The second kappa shape index (κ2) is 5.63. The van der Waals surface area contributed by atoms with E-state index in [0.717, 1.165) is 18.5 Å². The van der Waals surface area contributed by atoms with Crippen molar-refractivity contribution in [3.8, 4) is 6.07 Å². The highest BCUT2D eigenvalue weighted by atomic mass is 14.9. The Morgan fingerprint density at radius 3 is 2.45 bits per heavy atom. The fourth-order valence-electron chi connectivity index (χ4n) is 2.64. The van der Waals surface area contributed by atoms with Crippen LogP contribution in [0.4, 0.5) is 5.69 Å². The summed E-state index contributed by atoms with van der Waals surface area (Å²) in [5, 5.41) is 12.4. The molecule has 1 unspecified atom stereocenters. The van der Waals surface area contributed by atoms with E-state index in [1.54, 1.807) is 0 Å². The summed E-state index contributed by atoms with van der Waals surface area (Å²) in [6.07, 6.45) is 4.54. The van der Waals surface area contributed by atoms with Crippen molar-refractivity contribution in [2.45, 2.75) is 18.9 Å². The van der Waals surface area contributed by atoms with E-state index in [1.165, 1.54) is 11.1 Å². The van der Waals surface area contributed by atoms with Crippen LogP contribution >= 0.6 is 0 Å². The van der Waals surface area contributed by atoms with Crippen LogP contribution < -0.4 is 5.32 Å². The standard InChI is InChI=1S/C18H16N2/c19-13-14-9-11-16(12-10-14)20-18-8-4-7-17(18)15-5-2-1-3-6-15/h1-3,5-7,9-12,18,20H,4,8H2. The second-order valence-corrected chi connectivity index (χ2v) is 4.99. The Bertz CT molecular complexity index is 648. The molecule has 1 atom stereocenters. The van der Waals surface area contributed by atoms with E-state index in [4.69, 9.17) is 5.26 Å². The largest absolute Gasteiger partial charge is 0.378 e. The van der Waals surface area contributed by atoms with Crippen LogP contribution in [0.2, 0.25) is 0 Å². The lowest BCUT2D eigenvalue weighted by Crippen LogP contribution is -2.17. The molecule has 0 amide bonds. The molecule has 2 aromatic rings. The first-order chi connectivity index (χ1) is 9.86. The summed E-state index contributed by atoms with van der Waals surface area (Å²) in [6, 6.07) is 20.7. The minimum absolute atomic E-state index is 0.352. The molecule has 0 saturated heterocycles. The fraction of sp³-hybridized carbons (Fsp3) is 0.167. The normalized spacial score (nSPS) is 17.4. The van der Waals surface area contributed by atoms with Gasteiger partial charge in [0.05, 0.1) is 17.7 Å². The molecular weight excluding hydrogens is 244 g/mol. The van der Waals surface area contributed by atoms with Gasteiger partial charge in [0.2, 0.25) is 0 Å². The average Bonchev–Trinajstić information content (AvgIpc) is 2.97. The summed E-state index contributed by atoms with van der Waals surface area (Å²) in [6.45, 7) is 0. The van der Waals surface area contributed by atoms with Crippen LogP contribution in [-0.2, 0) is 0 Å². The molecule has 3 rings (SSSR count). The minimum atomic E-state index is 0.352. The van der Waals surface area contributed by atoms with Crippen LogP contribution in [0.5, 0.6) is 0 Å². The first kappa shape index (κ1) is 12.5. The number of rotatable bonds is 3. The molecule has 2 aromatic carbocycles. The molecule has 1 aliphatic rings. The van der Waals surface area contributed by atoms with Crippen molar-refractivity contribution in [1.82, 2.24) is 0 Å². The van der Waals surface area contributed by atoms with Gasteiger partial charge in [-0.15, -0.1) is 0 Å². The Labute approximate surface area is 119 Å². The van der Waals surface area contributed by atoms with Crippen molar-refractivity contribution in [3.63, 3.8) is 0 Å². The van der Waals surface area contributed by atoms with Crippen molar-refractivity contribution in [2.75, 3.05) is 5.32 Å². The summed E-state index contributed by atoms with van der Waals surface area (Å²) in [4.78, 5) is 0. The molecule has 0 bridgehead atoms. The number of hydrogen-bond donors (Lipinski definition) is 1. The summed E-state index contributed by atoms with van der Waals surface area (Å²) < 4.78 is 0. The summed E-state index contributed by atoms with van der Waals surface area (Å²) in [7, 11) is 0. The molecule has 1 aliphatic carbocycles. The smallest absolute Gasteiger partial charge is 0.0991 e. The van der Waals surface area contributed by atoms with Gasteiger partial charge in [0.1, 0.15) is 0 Å². The maximum Gasteiger partial charge on any atom is 0.0991 e. The Morgan fingerprint density at radius 2 is 1.75 bits per heavy atom. The summed E-state index contributed by atoms with van der Waals surface area (Å²) in [5.74, 6) is 0. The van der Waals surface area contributed by atoms with E-state index in [0.29, 0.717) is 11.6 Å². The van der Waals surface area contributed by atoms with E-state index in [2.05, 4.69) is 41.7 Å². The highest BCUT2D eigenvalue weighted by molar-refractivity contribution is 5.74. The molecular formula is C18H16N2. The van der Waals surface area contributed by atoms with Gasteiger partial charge in [0.15, 0.2) is 0 Å². The Kier molecular flexibility index (Phi) is 3.52. The van der Waals surface area contributed by atoms with Gasteiger partial charge in [-0.05, 0) is 48.2 Å². The molecule has 98 valence electrons. The van der Waals surface area contributed by atoms with Gasteiger partial charge < -0.3 is 5.32 Å². The Hall–Kier alpha value is -2.53. The zero-order chi connectivity index (χ0) is 13.8. The fourth-order valence-corrected chi connectivity index (χ4v) is 2.64. The second-order valence-electron chi connectivity index (χ2n) is 4.99. The van der Waals surface area contributed by atoms with E-state index >= 15 is 0 Å². The molecule has 0 spiro atoms. The van der Waals surface area contributed by atoms with Crippen LogP contribution in [0.1, 0.15) is 24.0 Å². The SMILES string of the molecule is N#Cc1ccc(NC2CCC=C2c2ccccc2)cc1. The summed E-state index contributed by atoms with van der Waals surface area (Å²) in [5.41, 5.74) is 4.42. The quantitative estimate of drug-likeness (QED) is 0.897. The van der Waals surface area contributed by atoms with E-state index < -0.39 is 0 Å². The maximum absolute atomic E-state index is 8.82. The van der Waals surface area contributed by atoms with Crippen molar-refractivity contribution < 1.29 is 0 Å². The van der Waals surface area contributed by atoms with Crippen LogP contribution in [0, 0.1) is 11.3 Å². The third-order valence-electron chi connectivity index (χ3n) is 3.66. The Balaban J connectivity index is 1.77. The van der Waals surface area contributed by atoms with E-state index in [1.807, 2.05) is 30.3 Å². The minimum Gasteiger partial charge on any atom is -0.378 e. The van der Waals surface area contributed by atoms with E-state index in [9.17, 15) is 0 Å². The lowest BCUT2D eigenvalue weighted by molar-refractivity contribution is 0.835. The maximum atomic E-state index is 8.82. The average molecular weight is 260 g/mol. The van der Waals surface area contributed by atoms with Crippen LogP contribution in [0.3, 0.4) is 0 Å². The zero-order valence-corrected chi connectivity index (χ0v) is 11.2. The Morgan fingerprint density at radius 1 is 1.00 bits per heavy atom. The highest BCUT2D eigenvalue weighted by Crippen LogP contribution is 2.30. The molecule has 0 heterocycles. The highest BCUT2D eigenvalue weighted by Gasteiger charge is 2.20. The molecule has 0 radical (unpaired) electrons. The molecule has 20 heavy (non-hydrogen) atoms. The predicted molar refractivity (Wildman–Crippen MR) is 82.2 cm³/mol. The topological polar surface area (TPSA) is 35.8 Å². The molecule has 2 nitrogen and oxygen atoms in total. The first-order valence-corrected chi connectivity index (χ1v) is 6.89. The number of anilines is 1. The molecule has 0 saturated carbocycles. The van der Waals surface area contributed by atoms with Gasteiger partial charge in [-0.2, -0.15) is 5.26 Å². The zero-order valence-electron chi connectivity index (χ0n) is 11.2. The van der Waals surface area contributed by atoms with Gasteiger partial charge in [-0.25, -0.2) is 0 Å². The van der Waals surface area contributed by atoms with Crippen LogP contribution in [0.15, 0.2) is 60.7 Å². The van der Waals surface area contributed by atoms with Crippen LogP contribution in [0.25, 0.3) is 5.57 Å². The molecule has 1 N–H and O–H groups in total. The number of allylic oxidation sites excluding steroid dienone is 1. The third-order valence-corrected chi connectivity index (χ3v) is 3.66. The lowest BCUT2D eigenvalue weighted by atomic mass is 10.0. The van der Waals surface area contributed by atoms with Crippen molar-refractivity contribution in [1.29, 1.82) is 5.26 Å². The predicted octanol–water partition coefficient (Wildman–Crippen LogP) is 4.22.